The van der Waals surface area contributed by atoms with Crippen LogP contribution in [0.3, 0.4) is 0 Å². The molecule has 0 aliphatic carbocycles. The van der Waals surface area contributed by atoms with Crippen molar-refractivity contribution >= 4 is 34.8 Å². The van der Waals surface area contributed by atoms with E-state index in [0.29, 0.717) is 28.6 Å². The lowest BCUT2D eigenvalue weighted by atomic mass is 10.1. The van der Waals surface area contributed by atoms with Gasteiger partial charge in [0.15, 0.2) is 6.61 Å². The number of amides is 2. The quantitative estimate of drug-likeness (QED) is 0.806. The zero-order chi connectivity index (χ0) is 18.4. The Balaban J connectivity index is 1.96. The monoisotopic (exact) mass is 360 g/mol. The molecule has 132 valence electrons. The van der Waals surface area contributed by atoms with Gasteiger partial charge in [-0.15, -0.1) is 0 Å². The molecular weight excluding hydrogens is 340 g/mol. The van der Waals surface area contributed by atoms with Gasteiger partial charge in [0.05, 0.1) is 0 Å². The van der Waals surface area contributed by atoms with E-state index in [-0.39, 0.29) is 18.4 Å². The Bertz CT molecular complexity index is 790. The Morgan fingerprint density at radius 2 is 1.76 bits per heavy atom. The van der Waals surface area contributed by atoms with Crippen LogP contribution in [0.2, 0.25) is 5.02 Å². The standard InChI is InChI=1S/C19H21ClN2O3/c1-4-18(23)22-17-10-14(6-5-12(17)2)21-19(24)11-25-15-7-8-16(20)13(3)9-15/h5-10H,4,11H2,1-3H3,(H,21,24)(H,22,23). The van der Waals surface area contributed by atoms with Crippen LogP contribution in [-0.2, 0) is 9.59 Å². The SMILES string of the molecule is CCC(=O)Nc1cc(NC(=O)COc2ccc(Cl)c(C)c2)ccc1C. The zero-order valence-corrected chi connectivity index (χ0v) is 15.2. The minimum atomic E-state index is -0.288. The van der Waals surface area contributed by atoms with Crippen LogP contribution in [0, 0.1) is 13.8 Å². The van der Waals surface area contributed by atoms with Crippen molar-refractivity contribution in [3.8, 4) is 5.75 Å². The first kappa shape index (κ1) is 18.8. The lowest BCUT2D eigenvalue weighted by Crippen LogP contribution is -2.20. The molecule has 6 heteroatoms. The number of nitrogens with one attached hydrogen (secondary N) is 2. The Morgan fingerprint density at radius 3 is 2.44 bits per heavy atom. The lowest BCUT2D eigenvalue weighted by molar-refractivity contribution is -0.118. The van der Waals surface area contributed by atoms with Gasteiger partial charge in [0.25, 0.3) is 5.91 Å². The minimum Gasteiger partial charge on any atom is -0.484 e. The van der Waals surface area contributed by atoms with Gasteiger partial charge in [0.1, 0.15) is 5.75 Å². The van der Waals surface area contributed by atoms with Crippen molar-refractivity contribution in [1.29, 1.82) is 0 Å². The van der Waals surface area contributed by atoms with Crippen molar-refractivity contribution in [3.63, 3.8) is 0 Å². The van der Waals surface area contributed by atoms with Gasteiger partial charge < -0.3 is 15.4 Å². The molecule has 0 saturated carbocycles. The van der Waals surface area contributed by atoms with Gasteiger partial charge in [-0.3, -0.25) is 9.59 Å². The van der Waals surface area contributed by atoms with E-state index in [1.54, 1.807) is 37.3 Å². The minimum absolute atomic E-state index is 0.0759. The van der Waals surface area contributed by atoms with Crippen LogP contribution in [0.5, 0.6) is 5.75 Å². The van der Waals surface area contributed by atoms with E-state index in [2.05, 4.69) is 10.6 Å². The Hall–Kier alpha value is -2.53. The molecule has 0 aromatic heterocycles. The predicted octanol–water partition coefficient (Wildman–Crippen LogP) is 4.32. The number of anilines is 2. The molecule has 0 radical (unpaired) electrons. The van der Waals surface area contributed by atoms with Crippen LogP contribution in [0.25, 0.3) is 0 Å². The highest BCUT2D eigenvalue weighted by atomic mass is 35.5. The molecule has 2 aromatic carbocycles. The fraction of sp³-hybridized carbons (Fsp3) is 0.263. The molecular formula is C19H21ClN2O3. The molecule has 5 nitrogen and oxygen atoms in total. The second kappa shape index (κ2) is 8.53. The maximum absolute atomic E-state index is 12.1. The van der Waals surface area contributed by atoms with Crippen LogP contribution < -0.4 is 15.4 Å². The first-order valence-electron chi connectivity index (χ1n) is 7.98. The average molecular weight is 361 g/mol. The van der Waals surface area contributed by atoms with Gasteiger partial charge in [-0.25, -0.2) is 0 Å². The summed E-state index contributed by atoms with van der Waals surface area (Å²) in [5.74, 6) is 0.217. The Kier molecular flexibility index (Phi) is 6.42. The van der Waals surface area contributed by atoms with Crippen molar-refractivity contribution in [1.82, 2.24) is 0 Å². The average Bonchev–Trinajstić information content (AvgIpc) is 2.58. The van der Waals surface area contributed by atoms with E-state index in [1.165, 1.54) is 0 Å². The molecule has 0 heterocycles. The molecule has 0 aliphatic rings. The fourth-order valence-electron chi connectivity index (χ4n) is 2.13. The van der Waals surface area contributed by atoms with E-state index in [4.69, 9.17) is 16.3 Å². The van der Waals surface area contributed by atoms with Crippen molar-refractivity contribution in [2.75, 3.05) is 17.2 Å². The number of hydrogen-bond acceptors (Lipinski definition) is 3. The molecule has 2 N–H and O–H groups in total. The number of halogens is 1. The summed E-state index contributed by atoms with van der Waals surface area (Å²) in [6, 6.07) is 10.6. The summed E-state index contributed by atoms with van der Waals surface area (Å²) in [7, 11) is 0. The Labute approximate surface area is 152 Å². The van der Waals surface area contributed by atoms with Crippen molar-refractivity contribution in [2.24, 2.45) is 0 Å². The lowest BCUT2D eigenvalue weighted by Gasteiger charge is -2.12. The third kappa shape index (κ3) is 5.50. The first-order valence-corrected chi connectivity index (χ1v) is 8.36. The number of carbonyl (C=O) groups excluding carboxylic acids is 2. The molecule has 0 unspecified atom stereocenters. The van der Waals surface area contributed by atoms with Crippen LogP contribution in [0.4, 0.5) is 11.4 Å². The van der Waals surface area contributed by atoms with Crippen LogP contribution in [0.1, 0.15) is 24.5 Å². The number of ether oxygens (including phenoxy) is 1. The van der Waals surface area contributed by atoms with E-state index in [1.807, 2.05) is 19.9 Å². The van der Waals surface area contributed by atoms with Crippen LogP contribution in [0.15, 0.2) is 36.4 Å². The summed E-state index contributed by atoms with van der Waals surface area (Å²) >= 11 is 5.96. The maximum atomic E-state index is 12.1. The van der Waals surface area contributed by atoms with Crippen LogP contribution in [-0.4, -0.2) is 18.4 Å². The third-order valence-corrected chi connectivity index (χ3v) is 4.04. The number of carbonyl (C=O) groups is 2. The summed E-state index contributed by atoms with van der Waals surface area (Å²) in [5.41, 5.74) is 3.08. The summed E-state index contributed by atoms with van der Waals surface area (Å²) in [5, 5.41) is 6.22. The van der Waals surface area contributed by atoms with E-state index in [9.17, 15) is 9.59 Å². The summed E-state index contributed by atoms with van der Waals surface area (Å²) < 4.78 is 5.47. The van der Waals surface area contributed by atoms with Crippen molar-refractivity contribution < 1.29 is 14.3 Å². The van der Waals surface area contributed by atoms with Gasteiger partial charge in [-0.05, 0) is 55.3 Å². The first-order chi connectivity index (χ1) is 11.9. The third-order valence-electron chi connectivity index (χ3n) is 3.62. The summed E-state index contributed by atoms with van der Waals surface area (Å²) in [6.07, 6.45) is 0.393. The number of aryl methyl sites for hydroxylation is 2. The molecule has 2 aromatic rings. The van der Waals surface area contributed by atoms with Gasteiger partial charge in [0, 0.05) is 22.8 Å². The number of rotatable bonds is 6. The molecule has 0 saturated heterocycles. The topological polar surface area (TPSA) is 67.4 Å². The number of hydrogen-bond donors (Lipinski definition) is 2. The second-order valence-corrected chi connectivity index (χ2v) is 6.09. The molecule has 25 heavy (non-hydrogen) atoms. The van der Waals surface area contributed by atoms with Crippen molar-refractivity contribution in [2.45, 2.75) is 27.2 Å². The molecule has 2 amide bonds. The van der Waals surface area contributed by atoms with Gasteiger partial charge in [-0.1, -0.05) is 24.6 Å². The highest BCUT2D eigenvalue weighted by Gasteiger charge is 2.08. The molecule has 2 rings (SSSR count). The molecule has 0 atom stereocenters. The molecule has 0 aliphatic heterocycles. The highest BCUT2D eigenvalue weighted by Crippen LogP contribution is 2.22. The highest BCUT2D eigenvalue weighted by molar-refractivity contribution is 6.31. The fourth-order valence-corrected chi connectivity index (χ4v) is 2.24. The van der Waals surface area contributed by atoms with Crippen molar-refractivity contribution in [3.05, 3.63) is 52.5 Å². The molecule has 0 fully saturated rings. The van der Waals surface area contributed by atoms with Gasteiger partial charge in [0.2, 0.25) is 5.91 Å². The van der Waals surface area contributed by atoms with E-state index < -0.39 is 0 Å². The van der Waals surface area contributed by atoms with Gasteiger partial charge in [-0.2, -0.15) is 0 Å². The maximum Gasteiger partial charge on any atom is 0.262 e. The number of benzene rings is 2. The van der Waals surface area contributed by atoms with E-state index >= 15 is 0 Å². The smallest absolute Gasteiger partial charge is 0.262 e. The zero-order valence-electron chi connectivity index (χ0n) is 14.5. The predicted molar refractivity (Wildman–Crippen MR) is 100 cm³/mol. The van der Waals surface area contributed by atoms with Crippen LogP contribution >= 0.6 is 11.6 Å². The summed E-state index contributed by atoms with van der Waals surface area (Å²) in [6.45, 7) is 5.42. The summed E-state index contributed by atoms with van der Waals surface area (Å²) in [4.78, 5) is 23.6. The molecule has 0 spiro atoms. The van der Waals surface area contributed by atoms with E-state index in [0.717, 1.165) is 11.1 Å². The second-order valence-electron chi connectivity index (χ2n) is 5.68. The Morgan fingerprint density at radius 1 is 1.00 bits per heavy atom. The largest absolute Gasteiger partial charge is 0.484 e. The molecule has 0 bridgehead atoms. The van der Waals surface area contributed by atoms with Gasteiger partial charge >= 0.3 is 0 Å². The normalized spacial score (nSPS) is 10.2.